The molecule has 0 saturated heterocycles. The molecule has 2 heterocycles. The lowest BCUT2D eigenvalue weighted by Crippen LogP contribution is -2.27. The topological polar surface area (TPSA) is 73.1 Å². The van der Waals surface area contributed by atoms with Crippen LogP contribution < -0.4 is 15.4 Å². The summed E-state index contributed by atoms with van der Waals surface area (Å²) >= 11 is 1.62. The third-order valence-electron chi connectivity index (χ3n) is 6.20. The van der Waals surface area contributed by atoms with Crippen molar-refractivity contribution >= 4 is 33.2 Å². The summed E-state index contributed by atoms with van der Waals surface area (Å²) < 4.78 is 16.8. The van der Waals surface area contributed by atoms with Crippen LogP contribution in [0.1, 0.15) is 33.6 Å². The van der Waals surface area contributed by atoms with E-state index >= 15 is 0 Å². The number of hydrogen-bond donors (Lipinski definition) is 1. The second-order valence-electron chi connectivity index (χ2n) is 8.48. The van der Waals surface area contributed by atoms with E-state index in [2.05, 4.69) is 5.32 Å². The van der Waals surface area contributed by atoms with Crippen LogP contribution in [0.15, 0.2) is 64.0 Å². The van der Waals surface area contributed by atoms with E-state index in [1.54, 1.807) is 25.6 Å². The molecule has 35 heavy (non-hydrogen) atoms. The van der Waals surface area contributed by atoms with Crippen molar-refractivity contribution in [3.63, 3.8) is 0 Å². The molecule has 5 rings (SSSR count). The van der Waals surface area contributed by atoms with Gasteiger partial charge < -0.3 is 19.2 Å². The molecule has 0 unspecified atom stereocenters. The second kappa shape index (κ2) is 10.5. The lowest BCUT2D eigenvalue weighted by atomic mass is 9.95. The van der Waals surface area contributed by atoms with E-state index in [1.165, 1.54) is 4.88 Å². The minimum atomic E-state index is -0.0917. The van der Waals surface area contributed by atoms with E-state index in [4.69, 9.17) is 18.9 Å². The van der Waals surface area contributed by atoms with Crippen LogP contribution in [0.25, 0.3) is 22.3 Å². The fourth-order valence-electron chi connectivity index (χ4n) is 4.44. The van der Waals surface area contributed by atoms with Gasteiger partial charge in [0.2, 0.25) is 0 Å². The highest BCUT2D eigenvalue weighted by Gasteiger charge is 2.25. The molecule has 0 bridgehead atoms. The molecular formula is C28H28N2O4S. The number of aryl methyl sites for hydroxylation is 1. The Hall–Kier alpha value is -3.42. The summed E-state index contributed by atoms with van der Waals surface area (Å²) in [4.78, 5) is 19.6. The van der Waals surface area contributed by atoms with Crippen LogP contribution in [0.4, 0.5) is 5.00 Å². The fraction of sp³-hybridized carbons (Fsp3) is 0.286. The van der Waals surface area contributed by atoms with Crippen LogP contribution in [0.2, 0.25) is 0 Å². The summed E-state index contributed by atoms with van der Waals surface area (Å²) in [7, 11) is 3.27. The van der Waals surface area contributed by atoms with E-state index in [0.29, 0.717) is 24.3 Å². The number of rotatable bonds is 7. The van der Waals surface area contributed by atoms with Crippen molar-refractivity contribution in [3.05, 3.63) is 76.0 Å². The predicted octanol–water partition coefficient (Wildman–Crippen LogP) is 5.66. The summed E-state index contributed by atoms with van der Waals surface area (Å²) in [6, 6.07) is 17.6. The normalized spacial score (nSPS) is 13.6. The van der Waals surface area contributed by atoms with Crippen molar-refractivity contribution in [1.29, 1.82) is 0 Å². The van der Waals surface area contributed by atoms with E-state index in [0.717, 1.165) is 64.1 Å². The van der Waals surface area contributed by atoms with Gasteiger partial charge in [0.15, 0.2) is 0 Å². The molecule has 1 N–H and O–H groups in total. The van der Waals surface area contributed by atoms with Crippen molar-refractivity contribution in [2.45, 2.75) is 25.7 Å². The number of carbonyl (C=O) groups is 1. The maximum absolute atomic E-state index is 13.3. The molecule has 2 aromatic heterocycles. The monoisotopic (exact) mass is 488 g/mol. The number of ether oxygens (including phenoxy) is 2. The Balaban J connectivity index is 1.71. The fourth-order valence-corrected chi connectivity index (χ4v) is 5.71. The smallest absolute Gasteiger partial charge is 0.254 e. The Morgan fingerprint density at radius 1 is 1.09 bits per heavy atom. The first-order valence-corrected chi connectivity index (χ1v) is 12.6. The maximum Gasteiger partial charge on any atom is 0.254 e. The molecule has 0 radical (unpaired) electrons. The molecule has 0 saturated carbocycles. The molecule has 0 fully saturated rings. The number of nitrogens with one attached hydrogen (secondary N) is 1. The summed E-state index contributed by atoms with van der Waals surface area (Å²) in [5.74, 6) is 1.35. The summed E-state index contributed by atoms with van der Waals surface area (Å²) in [5, 5.41) is 5.31. The van der Waals surface area contributed by atoms with Crippen LogP contribution in [-0.4, -0.2) is 33.3 Å². The summed E-state index contributed by atoms with van der Waals surface area (Å²) in [6.07, 6.45) is 4.12. The van der Waals surface area contributed by atoms with Crippen LogP contribution in [0.5, 0.6) is 5.75 Å². The predicted molar refractivity (Wildman–Crippen MR) is 139 cm³/mol. The second-order valence-corrected chi connectivity index (χ2v) is 9.56. The molecule has 4 aromatic rings. The van der Waals surface area contributed by atoms with E-state index in [9.17, 15) is 4.79 Å². The average Bonchev–Trinajstić information content (AvgIpc) is 3.27. The number of carbonyl (C=O) groups excluding carboxylic acids is 1. The minimum absolute atomic E-state index is 0.0917. The number of benzene rings is 2. The molecular weight excluding hydrogens is 460 g/mol. The Bertz CT molecular complexity index is 1420. The van der Waals surface area contributed by atoms with Crippen LogP contribution in [-0.2, 0) is 17.6 Å². The standard InChI is InChI=1S/C28H28N2O4S/c1-32-15-14-29-27(31)26-20-10-6-7-11-25(20)35-28(26)30-22-17-24(18-8-4-3-5-9-18)34-23-13-12-19(33-2)16-21(22)23/h3-5,8-9,12-13,16-17H,6-7,10-11,14-15H2,1-2H3,(H,29,31). The SMILES string of the molecule is COCCNC(=O)c1c(N=c2cc(-c3ccccc3)oc3ccc(OC)cc23)sc2c1CCCC2. The number of methoxy groups -OCH3 is 2. The zero-order valence-corrected chi connectivity index (χ0v) is 20.7. The highest BCUT2D eigenvalue weighted by atomic mass is 32.1. The summed E-state index contributed by atoms with van der Waals surface area (Å²) in [5.41, 5.74) is 3.50. The molecule has 0 aliphatic heterocycles. The molecule has 1 aliphatic carbocycles. The van der Waals surface area contributed by atoms with Gasteiger partial charge in [0.05, 0.1) is 24.6 Å². The first-order valence-electron chi connectivity index (χ1n) is 11.8. The van der Waals surface area contributed by atoms with Gasteiger partial charge in [-0.05, 0) is 49.4 Å². The molecule has 1 amide bonds. The van der Waals surface area contributed by atoms with Gasteiger partial charge in [0.1, 0.15) is 22.1 Å². The van der Waals surface area contributed by atoms with Gasteiger partial charge >= 0.3 is 0 Å². The molecule has 180 valence electrons. The first-order chi connectivity index (χ1) is 17.2. The lowest BCUT2D eigenvalue weighted by Gasteiger charge is -2.12. The highest BCUT2D eigenvalue weighted by molar-refractivity contribution is 7.16. The van der Waals surface area contributed by atoms with Gasteiger partial charge in [-0.3, -0.25) is 4.79 Å². The molecule has 7 heteroatoms. The Labute approximate surface area is 208 Å². The maximum atomic E-state index is 13.3. The zero-order chi connectivity index (χ0) is 24.2. The quantitative estimate of drug-likeness (QED) is 0.341. The number of hydrogen-bond acceptors (Lipinski definition) is 6. The van der Waals surface area contributed by atoms with Crippen molar-refractivity contribution in [1.82, 2.24) is 5.32 Å². The van der Waals surface area contributed by atoms with E-state index < -0.39 is 0 Å². The lowest BCUT2D eigenvalue weighted by molar-refractivity contribution is 0.0937. The van der Waals surface area contributed by atoms with Gasteiger partial charge in [0, 0.05) is 35.5 Å². The largest absolute Gasteiger partial charge is 0.497 e. The number of thiophene rings is 1. The first kappa shape index (κ1) is 23.3. The van der Waals surface area contributed by atoms with Gasteiger partial charge in [0.25, 0.3) is 5.91 Å². The van der Waals surface area contributed by atoms with Crippen LogP contribution >= 0.6 is 11.3 Å². The average molecular weight is 489 g/mol. The third-order valence-corrected chi connectivity index (χ3v) is 7.39. The van der Waals surface area contributed by atoms with Crippen LogP contribution in [0.3, 0.4) is 0 Å². The number of amides is 1. The zero-order valence-electron chi connectivity index (χ0n) is 19.9. The molecule has 1 aliphatic rings. The van der Waals surface area contributed by atoms with Crippen molar-refractivity contribution in [2.75, 3.05) is 27.4 Å². The van der Waals surface area contributed by atoms with Gasteiger partial charge in [-0.15, -0.1) is 11.3 Å². The van der Waals surface area contributed by atoms with Crippen molar-refractivity contribution in [3.8, 4) is 17.1 Å². The van der Waals surface area contributed by atoms with Crippen molar-refractivity contribution in [2.24, 2.45) is 4.99 Å². The van der Waals surface area contributed by atoms with Crippen molar-refractivity contribution < 1.29 is 18.7 Å². The van der Waals surface area contributed by atoms with Gasteiger partial charge in [-0.1, -0.05) is 30.3 Å². The molecule has 0 atom stereocenters. The molecule has 0 spiro atoms. The Kier molecular flexibility index (Phi) is 6.97. The number of nitrogens with zero attached hydrogens (tertiary/aromatic N) is 1. The van der Waals surface area contributed by atoms with E-state index in [-0.39, 0.29) is 5.91 Å². The van der Waals surface area contributed by atoms with Crippen LogP contribution in [0, 0.1) is 0 Å². The highest BCUT2D eigenvalue weighted by Crippen LogP contribution is 2.40. The molecule has 6 nitrogen and oxygen atoms in total. The summed E-state index contributed by atoms with van der Waals surface area (Å²) in [6.45, 7) is 0.928. The minimum Gasteiger partial charge on any atom is -0.497 e. The Morgan fingerprint density at radius 2 is 1.91 bits per heavy atom. The van der Waals surface area contributed by atoms with Gasteiger partial charge in [-0.25, -0.2) is 4.99 Å². The van der Waals surface area contributed by atoms with Gasteiger partial charge in [-0.2, -0.15) is 0 Å². The molecule has 2 aromatic carbocycles. The Morgan fingerprint density at radius 3 is 2.71 bits per heavy atom. The van der Waals surface area contributed by atoms with E-state index in [1.807, 2.05) is 54.6 Å². The number of fused-ring (bicyclic) bond motifs is 2. The third kappa shape index (κ3) is 4.88.